The van der Waals surface area contributed by atoms with Crippen LogP contribution in [-0.4, -0.2) is 41.5 Å². The van der Waals surface area contributed by atoms with E-state index in [1.54, 1.807) is 0 Å². The molecule has 1 aromatic heterocycles. The zero-order valence-corrected chi connectivity index (χ0v) is 19.2. The number of halogens is 1. The molecule has 2 heterocycles. The molecule has 0 radical (unpaired) electrons. The van der Waals surface area contributed by atoms with Crippen molar-refractivity contribution >= 4 is 41.5 Å². The molecule has 28 heavy (non-hydrogen) atoms. The maximum atomic E-state index is 11.9. The van der Waals surface area contributed by atoms with Crippen molar-refractivity contribution in [3.8, 4) is 0 Å². The minimum absolute atomic E-state index is 0. The lowest BCUT2D eigenvalue weighted by Crippen LogP contribution is -2.38. The van der Waals surface area contributed by atoms with Crippen LogP contribution in [0.3, 0.4) is 0 Å². The molecule has 1 fully saturated rings. The van der Waals surface area contributed by atoms with Crippen LogP contribution < -0.4 is 10.2 Å². The summed E-state index contributed by atoms with van der Waals surface area (Å²) in [7, 11) is 4.11. The van der Waals surface area contributed by atoms with Gasteiger partial charge in [-0.3, -0.25) is 4.79 Å². The van der Waals surface area contributed by atoms with E-state index in [-0.39, 0.29) is 29.9 Å². The molecule has 1 aliphatic rings. The number of benzene rings is 1. The Bertz CT molecular complexity index is 799. The highest BCUT2D eigenvalue weighted by Gasteiger charge is 2.21. The Labute approximate surface area is 184 Å². The standard InChI is InChI=1S/C21H29N5O.HI/c1-4-22-21(25(3)16-19-7-5-13-24(19)2)23-15-17-9-11-18(12-10-17)26-14-6-8-20(26)27;/h5,7,9-13H,4,6,8,14-16H2,1-3H3,(H,22,23);1H. The second kappa shape index (κ2) is 10.5. The third kappa shape index (κ3) is 5.50. The van der Waals surface area contributed by atoms with E-state index in [0.29, 0.717) is 13.0 Å². The van der Waals surface area contributed by atoms with Crippen molar-refractivity contribution in [1.82, 2.24) is 14.8 Å². The quantitative estimate of drug-likeness (QED) is 0.380. The summed E-state index contributed by atoms with van der Waals surface area (Å²) in [6.07, 6.45) is 3.66. The van der Waals surface area contributed by atoms with Gasteiger partial charge in [-0.1, -0.05) is 12.1 Å². The SMILES string of the molecule is CCNC(=NCc1ccc(N2CCCC2=O)cc1)N(C)Cc1cccn1C.I. The average Bonchev–Trinajstić information content (AvgIpc) is 3.27. The second-order valence-electron chi connectivity index (χ2n) is 6.95. The summed E-state index contributed by atoms with van der Waals surface area (Å²) in [5, 5.41) is 3.36. The topological polar surface area (TPSA) is 52.9 Å². The maximum Gasteiger partial charge on any atom is 0.227 e. The number of aliphatic imine (C=N–C) groups is 1. The molecular formula is C21H30IN5O. The van der Waals surface area contributed by atoms with Crippen LogP contribution in [-0.2, 0) is 24.9 Å². The van der Waals surface area contributed by atoms with E-state index in [1.807, 2.05) is 17.0 Å². The Morgan fingerprint density at radius 2 is 2.00 bits per heavy atom. The minimum Gasteiger partial charge on any atom is -0.357 e. The molecule has 0 aliphatic carbocycles. The Kier molecular flexibility index (Phi) is 8.35. The Balaban J connectivity index is 0.00000280. The lowest BCUT2D eigenvalue weighted by atomic mass is 10.2. The van der Waals surface area contributed by atoms with E-state index >= 15 is 0 Å². The number of amides is 1. The first-order valence-corrected chi connectivity index (χ1v) is 9.57. The molecule has 1 N–H and O–H groups in total. The zero-order valence-electron chi connectivity index (χ0n) is 16.9. The van der Waals surface area contributed by atoms with Gasteiger partial charge in [0.1, 0.15) is 0 Å². The van der Waals surface area contributed by atoms with Gasteiger partial charge in [0.15, 0.2) is 5.96 Å². The van der Waals surface area contributed by atoms with Gasteiger partial charge in [0.05, 0.1) is 13.1 Å². The molecule has 0 unspecified atom stereocenters. The number of hydrogen-bond acceptors (Lipinski definition) is 2. The van der Waals surface area contributed by atoms with Crippen LogP contribution in [0.4, 0.5) is 5.69 Å². The van der Waals surface area contributed by atoms with Gasteiger partial charge in [-0.25, -0.2) is 4.99 Å². The summed E-state index contributed by atoms with van der Waals surface area (Å²) < 4.78 is 2.12. The van der Waals surface area contributed by atoms with Gasteiger partial charge in [-0.05, 0) is 43.2 Å². The van der Waals surface area contributed by atoms with Crippen molar-refractivity contribution in [3.05, 3.63) is 53.9 Å². The first-order chi connectivity index (χ1) is 13.1. The molecule has 7 heteroatoms. The number of anilines is 1. The van der Waals surface area contributed by atoms with Crippen LogP contribution in [0.1, 0.15) is 31.0 Å². The molecule has 6 nitrogen and oxygen atoms in total. The first-order valence-electron chi connectivity index (χ1n) is 9.57. The van der Waals surface area contributed by atoms with E-state index in [2.05, 4.69) is 66.3 Å². The normalized spacial score (nSPS) is 14.2. The summed E-state index contributed by atoms with van der Waals surface area (Å²) in [5.41, 5.74) is 3.36. The number of aromatic nitrogens is 1. The fourth-order valence-electron chi connectivity index (χ4n) is 3.32. The number of carbonyl (C=O) groups is 1. The lowest BCUT2D eigenvalue weighted by molar-refractivity contribution is -0.117. The summed E-state index contributed by atoms with van der Waals surface area (Å²) in [4.78, 5) is 20.6. The molecule has 3 rings (SSSR count). The number of guanidine groups is 1. The Hall–Kier alpha value is -2.03. The molecule has 1 amide bonds. The predicted molar refractivity (Wildman–Crippen MR) is 125 cm³/mol. The number of carbonyl (C=O) groups excluding carboxylic acids is 1. The largest absolute Gasteiger partial charge is 0.357 e. The van der Waals surface area contributed by atoms with Crippen molar-refractivity contribution < 1.29 is 4.79 Å². The highest BCUT2D eigenvalue weighted by molar-refractivity contribution is 14.0. The monoisotopic (exact) mass is 495 g/mol. The van der Waals surface area contributed by atoms with Gasteiger partial charge in [0, 0.05) is 51.2 Å². The molecule has 0 saturated carbocycles. The summed E-state index contributed by atoms with van der Waals surface area (Å²) in [6.45, 7) is 5.13. The highest BCUT2D eigenvalue weighted by Crippen LogP contribution is 2.21. The lowest BCUT2D eigenvalue weighted by Gasteiger charge is -2.22. The van der Waals surface area contributed by atoms with Crippen molar-refractivity contribution in [1.29, 1.82) is 0 Å². The van der Waals surface area contributed by atoms with Crippen LogP contribution in [0.25, 0.3) is 0 Å². The van der Waals surface area contributed by atoms with E-state index < -0.39 is 0 Å². The molecular weight excluding hydrogens is 465 g/mol. The number of hydrogen-bond donors (Lipinski definition) is 1. The van der Waals surface area contributed by atoms with Gasteiger partial charge in [-0.15, -0.1) is 24.0 Å². The highest BCUT2D eigenvalue weighted by atomic mass is 127. The van der Waals surface area contributed by atoms with Gasteiger partial charge >= 0.3 is 0 Å². The fourth-order valence-corrected chi connectivity index (χ4v) is 3.32. The molecule has 1 aromatic carbocycles. The number of nitrogens with one attached hydrogen (secondary N) is 1. The van der Waals surface area contributed by atoms with E-state index in [1.165, 1.54) is 5.69 Å². The summed E-state index contributed by atoms with van der Waals surface area (Å²) in [5.74, 6) is 1.11. The first kappa shape index (κ1) is 22.3. The molecule has 1 saturated heterocycles. The molecule has 1 aliphatic heterocycles. The van der Waals surface area contributed by atoms with Crippen molar-refractivity contribution in [2.75, 3.05) is 25.0 Å². The zero-order chi connectivity index (χ0) is 19.2. The molecule has 0 atom stereocenters. The van der Waals surface area contributed by atoms with Gasteiger partial charge < -0.3 is 19.7 Å². The van der Waals surface area contributed by atoms with Gasteiger partial charge in [-0.2, -0.15) is 0 Å². The van der Waals surface area contributed by atoms with Crippen molar-refractivity contribution in [2.45, 2.75) is 32.9 Å². The summed E-state index contributed by atoms with van der Waals surface area (Å²) in [6, 6.07) is 12.3. The van der Waals surface area contributed by atoms with Crippen molar-refractivity contribution in [2.24, 2.45) is 12.0 Å². The molecule has 152 valence electrons. The Morgan fingerprint density at radius 1 is 1.25 bits per heavy atom. The second-order valence-corrected chi connectivity index (χ2v) is 6.95. The van der Waals surface area contributed by atoms with E-state index in [9.17, 15) is 4.79 Å². The third-order valence-electron chi connectivity index (χ3n) is 4.88. The smallest absolute Gasteiger partial charge is 0.227 e. The van der Waals surface area contributed by atoms with E-state index in [4.69, 9.17) is 4.99 Å². The average molecular weight is 495 g/mol. The number of nitrogens with zero attached hydrogens (tertiary/aromatic N) is 4. The molecule has 2 aromatic rings. The van der Waals surface area contributed by atoms with E-state index in [0.717, 1.165) is 43.3 Å². The number of rotatable bonds is 6. The third-order valence-corrected chi connectivity index (χ3v) is 4.88. The van der Waals surface area contributed by atoms with Crippen LogP contribution in [0.15, 0.2) is 47.6 Å². The van der Waals surface area contributed by atoms with Gasteiger partial charge in [0.25, 0.3) is 0 Å². The fraction of sp³-hybridized carbons (Fsp3) is 0.429. The number of aryl methyl sites for hydroxylation is 1. The Morgan fingerprint density at radius 3 is 2.57 bits per heavy atom. The van der Waals surface area contributed by atoms with Crippen LogP contribution in [0.2, 0.25) is 0 Å². The van der Waals surface area contributed by atoms with Crippen LogP contribution >= 0.6 is 24.0 Å². The van der Waals surface area contributed by atoms with Crippen molar-refractivity contribution in [3.63, 3.8) is 0 Å². The minimum atomic E-state index is 0. The molecule has 0 spiro atoms. The predicted octanol–water partition coefficient (Wildman–Crippen LogP) is 3.37. The summed E-state index contributed by atoms with van der Waals surface area (Å²) >= 11 is 0. The maximum absolute atomic E-state index is 11.9. The van der Waals surface area contributed by atoms with Crippen LogP contribution in [0, 0.1) is 0 Å². The van der Waals surface area contributed by atoms with Crippen LogP contribution in [0.5, 0.6) is 0 Å². The van der Waals surface area contributed by atoms with Gasteiger partial charge in [0.2, 0.25) is 5.91 Å². The molecule has 0 bridgehead atoms.